The third-order valence-electron chi connectivity index (χ3n) is 3.02. The summed E-state index contributed by atoms with van der Waals surface area (Å²) in [6, 6.07) is 4.17. The van der Waals surface area contributed by atoms with Gasteiger partial charge >= 0.3 is 0 Å². The number of halogens is 1. The zero-order valence-corrected chi connectivity index (χ0v) is 12.9. The van der Waals surface area contributed by atoms with Crippen molar-refractivity contribution in [2.24, 2.45) is 0 Å². The molecule has 19 heavy (non-hydrogen) atoms. The van der Waals surface area contributed by atoms with Crippen molar-refractivity contribution in [3.8, 4) is 0 Å². The number of nitrogens with one attached hydrogen (secondary N) is 1. The lowest BCUT2D eigenvalue weighted by molar-refractivity contribution is 0.534. The van der Waals surface area contributed by atoms with Crippen LogP contribution in [0.25, 0.3) is 0 Å². The van der Waals surface area contributed by atoms with Gasteiger partial charge < -0.3 is 5.32 Å². The molecule has 0 fully saturated rings. The van der Waals surface area contributed by atoms with Crippen LogP contribution in [-0.4, -0.2) is 21.3 Å². The molecule has 2 heterocycles. The van der Waals surface area contributed by atoms with E-state index in [2.05, 4.69) is 51.4 Å². The van der Waals surface area contributed by atoms with Gasteiger partial charge in [0.05, 0.1) is 17.9 Å². The van der Waals surface area contributed by atoms with Gasteiger partial charge in [0, 0.05) is 23.4 Å². The highest BCUT2D eigenvalue weighted by Crippen LogP contribution is 2.23. The molecule has 0 aromatic carbocycles. The topological polar surface area (TPSA) is 42.7 Å². The molecule has 1 unspecified atom stereocenters. The second kappa shape index (κ2) is 6.82. The largest absolute Gasteiger partial charge is 0.309 e. The van der Waals surface area contributed by atoms with Crippen LogP contribution in [0.2, 0.25) is 0 Å². The van der Waals surface area contributed by atoms with E-state index in [-0.39, 0.29) is 6.04 Å². The fourth-order valence-electron chi connectivity index (χ4n) is 2.09. The minimum atomic E-state index is 0.204. The molecule has 1 atom stereocenters. The number of aromatic nitrogens is 3. The van der Waals surface area contributed by atoms with Crippen LogP contribution in [0.5, 0.6) is 0 Å². The van der Waals surface area contributed by atoms with E-state index in [1.54, 1.807) is 0 Å². The predicted octanol–water partition coefficient (Wildman–Crippen LogP) is 2.95. The van der Waals surface area contributed by atoms with Crippen LogP contribution in [0, 0.1) is 0 Å². The van der Waals surface area contributed by atoms with E-state index in [4.69, 9.17) is 0 Å². The normalized spacial score (nSPS) is 12.6. The molecule has 0 aliphatic rings. The number of nitrogens with zero attached hydrogens (tertiary/aromatic N) is 3. The maximum Gasteiger partial charge on any atom is 0.0718 e. The zero-order chi connectivity index (χ0) is 13.7. The number of rotatable bonds is 6. The molecular weight excluding hydrogens is 304 g/mol. The summed E-state index contributed by atoms with van der Waals surface area (Å²) >= 11 is 3.58. The molecule has 1 N–H and O–H groups in total. The fraction of sp³-hybridized carbons (Fsp3) is 0.429. The number of hydrogen-bond acceptors (Lipinski definition) is 3. The van der Waals surface area contributed by atoms with Gasteiger partial charge in [-0.25, -0.2) is 0 Å². The van der Waals surface area contributed by atoms with Gasteiger partial charge in [0.2, 0.25) is 0 Å². The number of aryl methyl sites for hydroxylation is 1. The Balaban J connectivity index is 2.18. The van der Waals surface area contributed by atoms with Crippen LogP contribution in [0.15, 0.2) is 35.2 Å². The van der Waals surface area contributed by atoms with Gasteiger partial charge in [0.15, 0.2) is 0 Å². The summed E-state index contributed by atoms with van der Waals surface area (Å²) in [4.78, 5) is 4.48. The Morgan fingerprint density at radius 1 is 1.42 bits per heavy atom. The third kappa shape index (κ3) is 3.64. The van der Waals surface area contributed by atoms with E-state index in [0.29, 0.717) is 0 Å². The first-order valence-corrected chi connectivity index (χ1v) is 7.39. The molecule has 0 aliphatic heterocycles. The average molecular weight is 323 g/mol. The predicted molar refractivity (Wildman–Crippen MR) is 80.0 cm³/mol. The van der Waals surface area contributed by atoms with Crippen LogP contribution in [0.3, 0.4) is 0 Å². The van der Waals surface area contributed by atoms with Crippen molar-refractivity contribution in [2.45, 2.75) is 32.9 Å². The van der Waals surface area contributed by atoms with E-state index < -0.39 is 0 Å². The van der Waals surface area contributed by atoms with Crippen molar-refractivity contribution in [1.82, 2.24) is 20.1 Å². The second-order valence-corrected chi connectivity index (χ2v) is 5.24. The van der Waals surface area contributed by atoms with Crippen molar-refractivity contribution in [1.29, 1.82) is 0 Å². The molecule has 5 heteroatoms. The molecule has 2 aromatic rings. The molecule has 102 valence electrons. The standard InChI is InChI=1S/C14H19BrN4/c1-3-16-13(14-12(15)6-5-7-17-14)8-11-9-18-19(4-2)10-11/h5-7,9-10,13,16H,3-4,8H2,1-2H3. The summed E-state index contributed by atoms with van der Waals surface area (Å²) in [7, 11) is 0. The molecule has 0 spiro atoms. The minimum Gasteiger partial charge on any atom is -0.309 e. The van der Waals surface area contributed by atoms with Crippen molar-refractivity contribution in [2.75, 3.05) is 6.54 Å². The van der Waals surface area contributed by atoms with Gasteiger partial charge in [-0.1, -0.05) is 6.92 Å². The molecule has 0 radical (unpaired) electrons. The van der Waals surface area contributed by atoms with Gasteiger partial charge in [-0.3, -0.25) is 9.67 Å². The lowest BCUT2D eigenvalue weighted by Crippen LogP contribution is -2.24. The molecule has 0 aliphatic carbocycles. The van der Waals surface area contributed by atoms with Crippen molar-refractivity contribution >= 4 is 15.9 Å². The Hall–Kier alpha value is -1.20. The molecule has 0 amide bonds. The van der Waals surface area contributed by atoms with Crippen LogP contribution >= 0.6 is 15.9 Å². The van der Waals surface area contributed by atoms with Gasteiger partial charge in [-0.05, 0) is 53.5 Å². The summed E-state index contributed by atoms with van der Waals surface area (Å²) in [5.74, 6) is 0. The maximum atomic E-state index is 4.48. The summed E-state index contributed by atoms with van der Waals surface area (Å²) in [6.45, 7) is 6.02. The molecule has 4 nitrogen and oxygen atoms in total. The highest BCUT2D eigenvalue weighted by Gasteiger charge is 2.16. The van der Waals surface area contributed by atoms with Crippen molar-refractivity contribution in [3.05, 3.63) is 46.5 Å². The van der Waals surface area contributed by atoms with Crippen molar-refractivity contribution in [3.63, 3.8) is 0 Å². The molecular formula is C14H19BrN4. The summed E-state index contributed by atoms with van der Waals surface area (Å²) in [5.41, 5.74) is 2.28. The Kier molecular flexibility index (Phi) is 5.10. The zero-order valence-electron chi connectivity index (χ0n) is 11.3. The molecule has 0 bridgehead atoms. The Morgan fingerprint density at radius 2 is 2.26 bits per heavy atom. The summed E-state index contributed by atoms with van der Waals surface area (Å²) in [6.07, 6.45) is 6.76. The van der Waals surface area contributed by atoms with Crippen molar-refractivity contribution < 1.29 is 0 Å². The molecule has 0 saturated carbocycles. The Labute approximate surface area is 122 Å². The number of likely N-dealkylation sites (N-methyl/N-ethyl adjacent to an activating group) is 1. The highest BCUT2D eigenvalue weighted by molar-refractivity contribution is 9.10. The van der Waals surface area contributed by atoms with E-state index in [1.165, 1.54) is 5.56 Å². The molecule has 0 saturated heterocycles. The van der Waals surface area contributed by atoms with E-state index in [9.17, 15) is 0 Å². The summed E-state index contributed by atoms with van der Waals surface area (Å²) in [5, 5.41) is 7.81. The monoisotopic (exact) mass is 322 g/mol. The van der Waals surface area contributed by atoms with E-state index in [0.717, 1.165) is 29.7 Å². The first-order chi connectivity index (χ1) is 9.24. The first kappa shape index (κ1) is 14.2. The minimum absolute atomic E-state index is 0.204. The molecule has 2 aromatic heterocycles. The number of hydrogen-bond donors (Lipinski definition) is 1. The van der Waals surface area contributed by atoms with Crippen LogP contribution < -0.4 is 5.32 Å². The van der Waals surface area contributed by atoms with Crippen LogP contribution in [0.4, 0.5) is 0 Å². The lowest BCUT2D eigenvalue weighted by Gasteiger charge is -2.17. The van der Waals surface area contributed by atoms with Crippen LogP contribution in [-0.2, 0) is 13.0 Å². The smallest absolute Gasteiger partial charge is 0.0718 e. The summed E-state index contributed by atoms with van der Waals surface area (Å²) < 4.78 is 3.00. The van der Waals surface area contributed by atoms with Gasteiger partial charge in [0.1, 0.15) is 0 Å². The van der Waals surface area contributed by atoms with Gasteiger partial charge in [0.25, 0.3) is 0 Å². The molecule has 2 rings (SSSR count). The number of pyridine rings is 1. The quantitative estimate of drug-likeness (QED) is 0.889. The maximum absolute atomic E-state index is 4.48. The third-order valence-corrected chi connectivity index (χ3v) is 3.69. The first-order valence-electron chi connectivity index (χ1n) is 6.59. The SMILES string of the molecule is CCNC(Cc1cnn(CC)c1)c1ncccc1Br. The van der Waals surface area contributed by atoms with Gasteiger partial charge in [-0.15, -0.1) is 0 Å². The average Bonchev–Trinajstić information content (AvgIpc) is 2.87. The van der Waals surface area contributed by atoms with E-state index in [1.807, 2.05) is 29.2 Å². The van der Waals surface area contributed by atoms with Crippen LogP contribution in [0.1, 0.15) is 31.1 Å². The lowest BCUT2D eigenvalue weighted by atomic mass is 10.1. The van der Waals surface area contributed by atoms with Gasteiger partial charge in [-0.2, -0.15) is 5.10 Å². The Morgan fingerprint density at radius 3 is 2.89 bits per heavy atom. The Bertz CT molecular complexity index is 524. The second-order valence-electron chi connectivity index (χ2n) is 4.39. The highest BCUT2D eigenvalue weighted by atomic mass is 79.9. The van der Waals surface area contributed by atoms with E-state index >= 15 is 0 Å². The fourth-order valence-corrected chi connectivity index (χ4v) is 2.62.